The van der Waals surface area contributed by atoms with E-state index in [1.54, 1.807) is 0 Å². The second kappa shape index (κ2) is 1.91. The highest BCUT2D eigenvalue weighted by atomic mass is 14.7. The zero-order chi connectivity index (χ0) is 7.97. The molecule has 3 rings (SSSR count). The van der Waals surface area contributed by atoms with Crippen molar-refractivity contribution in [3.8, 4) is 0 Å². The molecular weight excluding hydrogens is 148 g/mol. The third-order valence-electron chi connectivity index (χ3n) is 2.13. The van der Waals surface area contributed by atoms with Gasteiger partial charge in [-0.15, -0.1) is 11.0 Å². The summed E-state index contributed by atoms with van der Waals surface area (Å²) >= 11 is 0. The fraction of sp³-hybridized carbons (Fsp3) is 0. The number of aromatic nitrogens is 2. The summed E-state index contributed by atoms with van der Waals surface area (Å²) in [6.45, 7) is 0. The molecule has 1 aromatic carbocycles. The van der Waals surface area contributed by atoms with E-state index in [1.807, 2.05) is 24.5 Å². The summed E-state index contributed by atoms with van der Waals surface area (Å²) in [6, 6.07) is 8.16. The van der Waals surface area contributed by atoms with Gasteiger partial charge in [-0.05, 0) is 10.8 Å². The lowest BCUT2D eigenvalue weighted by atomic mass is 10.2. The summed E-state index contributed by atoms with van der Waals surface area (Å²) < 4.78 is 0. The molecule has 0 N–H and O–H groups in total. The third kappa shape index (κ3) is 0.593. The van der Waals surface area contributed by atoms with E-state index in [-0.39, 0.29) is 0 Å². The van der Waals surface area contributed by atoms with E-state index in [0.29, 0.717) is 0 Å². The number of benzene rings is 1. The molecule has 0 radical (unpaired) electrons. The molecule has 2 heteroatoms. The largest absolute Gasteiger partial charge is 0.665 e. The monoisotopic (exact) mass is 154 g/mol. The lowest BCUT2D eigenvalue weighted by Gasteiger charge is -2.07. The minimum atomic E-state index is 1.01. The molecule has 2 aromatic heterocycles. The first-order chi connectivity index (χ1) is 5.95. The Morgan fingerprint density at radius 2 is 1.17 bits per heavy atom. The van der Waals surface area contributed by atoms with Crippen molar-refractivity contribution < 1.29 is 0 Å². The second-order valence-electron chi connectivity index (χ2n) is 2.83. The van der Waals surface area contributed by atoms with Crippen LogP contribution in [0.1, 0.15) is 0 Å². The topological polar surface area (TPSA) is 28.2 Å². The second-order valence-corrected chi connectivity index (χ2v) is 2.83. The van der Waals surface area contributed by atoms with Crippen molar-refractivity contribution in [2.24, 2.45) is 0 Å². The molecule has 58 valence electrons. The quantitative estimate of drug-likeness (QED) is 0.494. The maximum absolute atomic E-state index is 4.26. The van der Waals surface area contributed by atoms with Crippen molar-refractivity contribution in [3.63, 3.8) is 0 Å². The van der Waals surface area contributed by atoms with Gasteiger partial charge in [0.25, 0.3) is 0 Å². The standard InChI is InChI=1S/C10H6N2/c1-2-8-4-6-12-10(8)9-7(1)3-5-11-9/h1-6H/q-2. The van der Waals surface area contributed by atoms with Crippen LogP contribution in [0.15, 0.2) is 36.7 Å². The van der Waals surface area contributed by atoms with Gasteiger partial charge in [0.15, 0.2) is 0 Å². The van der Waals surface area contributed by atoms with E-state index in [4.69, 9.17) is 0 Å². The van der Waals surface area contributed by atoms with Crippen molar-refractivity contribution in [1.82, 2.24) is 9.97 Å². The van der Waals surface area contributed by atoms with Crippen molar-refractivity contribution in [2.45, 2.75) is 0 Å². The van der Waals surface area contributed by atoms with Crippen LogP contribution in [0.25, 0.3) is 21.8 Å². The molecule has 0 aliphatic heterocycles. The van der Waals surface area contributed by atoms with E-state index in [2.05, 4.69) is 22.1 Å². The molecule has 0 atom stereocenters. The Balaban J connectivity index is 2.71. The SMILES string of the molecule is c1cc2ccc3cc[n-]c3c2[n-]1. The van der Waals surface area contributed by atoms with Gasteiger partial charge in [-0.25, -0.2) is 0 Å². The number of hydrogen-bond acceptors (Lipinski definition) is 0. The van der Waals surface area contributed by atoms with Gasteiger partial charge in [0.2, 0.25) is 0 Å². The first-order valence-corrected chi connectivity index (χ1v) is 3.87. The predicted molar refractivity (Wildman–Crippen MR) is 48.1 cm³/mol. The Morgan fingerprint density at radius 3 is 1.67 bits per heavy atom. The number of rotatable bonds is 0. The van der Waals surface area contributed by atoms with Gasteiger partial charge in [0.1, 0.15) is 0 Å². The van der Waals surface area contributed by atoms with E-state index in [0.717, 1.165) is 11.0 Å². The van der Waals surface area contributed by atoms with Crippen LogP contribution in [0.5, 0.6) is 0 Å². The third-order valence-corrected chi connectivity index (χ3v) is 2.13. The summed E-state index contributed by atoms with van der Waals surface area (Å²) in [5.41, 5.74) is 2.02. The minimum Gasteiger partial charge on any atom is -0.665 e. The summed E-state index contributed by atoms with van der Waals surface area (Å²) in [5.74, 6) is 0. The molecule has 0 spiro atoms. The van der Waals surface area contributed by atoms with Crippen molar-refractivity contribution in [1.29, 1.82) is 0 Å². The molecule has 0 saturated heterocycles. The highest BCUT2D eigenvalue weighted by Crippen LogP contribution is 2.20. The van der Waals surface area contributed by atoms with Crippen LogP contribution in [-0.4, -0.2) is 0 Å². The highest BCUT2D eigenvalue weighted by Gasteiger charge is 1.87. The fourth-order valence-electron chi connectivity index (χ4n) is 1.54. The Bertz CT molecular complexity index is 481. The van der Waals surface area contributed by atoms with E-state index in [1.165, 1.54) is 10.8 Å². The Morgan fingerprint density at radius 1 is 0.667 bits per heavy atom. The normalized spacial score (nSPS) is 11.3. The molecule has 2 heterocycles. The number of hydrogen-bond donors (Lipinski definition) is 0. The molecule has 0 saturated carbocycles. The minimum absolute atomic E-state index is 1.01. The predicted octanol–water partition coefficient (Wildman–Crippen LogP) is 1.91. The highest BCUT2D eigenvalue weighted by molar-refractivity contribution is 6.03. The molecule has 3 aromatic rings. The van der Waals surface area contributed by atoms with Crippen molar-refractivity contribution >= 4 is 21.8 Å². The first kappa shape index (κ1) is 5.89. The first-order valence-electron chi connectivity index (χ1n) is 3.87. The van der Waals surface area contributed by atoms with Gasteiger partial charge in [-0.1, -0.05) is 24.3 Å². The summed E-state index contributed by atoms with van der Waals surface area (Å²) in [5, 5.41) is 2.34. The van der Waals surface area contributed by atoms with Crippen LogP contribution >= 0.6 is 0 Å². The molecule has 2 nitrogen and oxygen atoms in total. The number of nitrogens with zero attached hydrogens (tertiary/aromatic N) is 2. The van der Waals surface area contributed by atoms with Crippen LogP contribution in [0.2, 0.25) is 0 Å². The summed E-state index contributed by atoms with van der Waals surface area (Å²) in [4.78, 5) is 8.51. The van der Waals surface area contributed by atoms with E-state index < -0.39 is 0 Å². The average Bonchev–Trinajstić information content (AvgIpc) is 2.71. The molecule has 0 aliphatic carbocycles. The Kier molecular flexibility index (Phi) is 0.939. The van der Waals surface area contributed by atoms with Crippen molar-refractivity contribution in [3.05, 3.63) is 36.7 Å². The molecule has 0 aliphatic rings. The van der Waals surface area contributed by atoms with Crippen LogP contribution < -0.4 is 9.97 Å². The van der Waals surface area contributed by atoms with Gasteiger partial charge in [-0.2, -0.15) is 12.4 Å². The summed E-state index contributed by atoms with van der Waals surface area (Å²) in [7, 11) is 0. The van der Waals surface area contributed by atoms with Crippen LogP contribution in [0.3, 0.4) is 0 Å². The van der Waals surface area contributed by atoms with Crippen molar-refractivity contribution in [2.75, 3.05) is 0 Å². The van der Waals surface area contributed by atoms with Gasteiger partial charge in [0.05, 0.1) is 0 Å². The zero-order valence-corrected chi connectivity index (χ0v) is 6.36. The van der Waals surface area contributed by atoms with E-state index >= 15 is 0 Å². The van der Waals surface area contributed by atoms with Gasteiger partial charge >= 0.3 is 0 Å². The van der Waals surface area contributed by atoms with Gasteiger partial charge in [0, 0.05) is 0 Å². The molecule has 12 heavy (non-hydrogen) atoms. The Hall–Kier alpha value is -1.70. The zero-order valence-electron chi connectivity index (χ0n) is 6.36. The molecule has 0 fully saturated rings. The fourth-order valence-corrected chi connectivity index (χ4v) is 1.54. The van der Waals surface area contributed by atoms with E-state index in [9.17, 15) is 0 Å². The van der Waals surface area contributed by atoms with Crippen LogP contribution in [-0.2, 0) is 0 Å². The molecular formula is C10H6N2-2. The summed E-state index contributed by atoms with van der Waals surface area (Å²) in [6.07, 6.45) is 3.64. The van der Waals surface area contributed by atoms with Crippen LogP contribution in [0.4, 0.5) is 0 Å². The lowest BCUT2D eigenvalue weighted by molar-refractivity contribution is 1.40. The van der Waals surface area contributed by atoms with Crippen LogP contribution in [0, 0.1) is 0 Å². The smallest absolute Gasteiger partial charge is 0.0433 e. The molecule has 0 bridgehead atoms. The number of fused-ring (bicyclic) bond motifs is 3. The molecule has 0 unspecified atom stereocenters. The molecule has 0 amide bonds. The Labute approximate surface area is 69.2 Å². The van der Waals surface area contributed by atoms with Gasteiger partial charge < -0.3 is 9.97 Å². The lowest BCUT2D eigenvalue weighted by Crippen LogP contribution is -1.74. The maximum Gasteiger partial charge on any atom is -0.0433 e. The van der Waals surface area contributed by atoms with Gasteiger partial charge in [-0.3, -0.25) is 0 Å². The average molecular weight is 154 g/mol. The maximum atomic E-state index is 4.26.